The molecule has 1 aromatic carbocycles. The van der Waals surface area contributed by atoms with Crippen LogP contribution in [0, 0.1) is 0 Å². The van der Waals surface area contributed by atoms with Gasteiger partial charge in [0.2, 0.25) is 20.9 Å². The molecule has 0 radical (unpaired) electrons. The van der Waals surface area contributed by atoms with Gasteiger partial charge >= 0.3 is 0 Å². The number of sulfone groups is 1. The Hall–Kier alpha value is -2.22. The van der Waals surface area contributed by atoms with Gasteiger partial charge in [0, 0.05) is 20.1 Å². The van der Waals surface area contributed by atoms with Crippen LogP contribution in [-0.4, -0.2) is 47.1 Å². The molecule has 122 valence electrons. The first-order valence-electron chi connectivity index (χ1n) is 7.43. The fourth-order valence-corrected chi connectivity index (χ4v) is 4.57. The van der Waals surface area contributed by atoms with E-state index in [1.54, 1.807) is 42.3 Å². The van der Waals surface area contributed by atoms with Crippen LogP contribution in [-0.2, 0) is 21.7 Å². The lowest BCUT2D eigenvalue weighted by Crippen LogP contribution is -2.37. The van der Waals surface area contributed by atoms with Crippen LogP contribution in [0.5, 0.6) is 0 Å². The van der Waals surface area contributed by atoms with Gasteiger partial charge in [-0.05, 0) is 18.4 Å². The van der Waals surface area contributed by atoms with E-state index in [0.717, 1.165) is 12.8 Å². The molecule has 8 heteroatoms. The van der Waals surface area contributed by atoms with Gasteiger partial charge in [-0.15, -0.1) is 10.2 Å². The molecule has 2 heterocycles. The van der Waals surface area contributed by atoms with Gasteiger partial charge in [0.25, 0.3) is 0 Å². The van der Waals surface area contributed by atoms with E-state index in [1.807, 2.05) is 0 Å². The first-order valence-corrected chi connectivity index (χ1v) is 8.98. The number of benzene rings is 1. The molecule has 0 bridgehead atoms. The summed E-state index contributed by atoms with van der Waals surface area (Å²) in [4.78, 5) is 14.5. The van der Waals surface area contributed by atoms with Crippen LogP contribution < -0.4 is 0 Å². The maximum atomic E-state index is 13.0. The van der Waals surface area contributed by atoms with Gasteiger partial charge in [0.1, 0.15) is 6.33 Å². The van der Waals surface area contributed by atoms with E-state index in [9.17, 15) is 13.2 Å². The van der Waals surface area contributed by atoms with Gasteiger partial charge in [0.15, 0.2) is 5.25 Å². The smallest absolute Gasteiger partial charge is 0.250 e. The highest BCUT2D eigenvalue weighted by Gasteiger charge is 2.41. The fraction of sp³-hybridized carbons (Fsp3) is 0.400. The van der Waals surface area contributed by atoms with Crippen molar-refractivity contribution in [1.82, 2.24) is 19.7 Å². The Balaban J connectivity index is 2.09. The number of hydrogen-bond donors (Lipinski definition) is 0. The van der Waals surface area contributed by atoms with Gasteiger partial charge in [-0.1, -0.05) is 30.3 Å². The number of rotatable bonds is 4. The first kappa shape index (κ1) is 15.7. The van der Waals surface area contributed by atoms with Crippen LogP contribution in [0.2, 0.25) is 0 Å². The normalized spacial score (nSPS) is 16.5. The third-order valence-corrected chi connectivity index (χ3v) is 5.95. The van der Waals surface area contributed by atoms with Crippen molar-refractivity contribution < 1.29 is 13.2 Å². The van der Waals surface area contributed by atoms with Crippen molar-refractivity contribution in [2.24, 2.45) is 7.05 Å². The number of carbonyl (C=O) groups excluding carboxylic acids is 1. The van der Waals surface area contributed by atoms with Crippen molar-refractivity contribution in [3.05, 3.63) is 42.2 Å². The Labute approximate surface area is 134 Å². The van der Waals surface area contributed by atoms with Gasteiger partial charge in [-0.2, -0.15) is 0 Å². The van der Waals surface area contributed by atoms with Gasteiger partial charge in [-0.25, -0.2) is 8.42 Å². The van der Waals surface area contributed by atoms with Gasteiger partial charge < -0.3 is 9.47 Å². The molecule has 1 aliphatic rings. The molecular weight excluding hydrogens is 316 g/mol. The molecule has 23 heavy (non-hydrogen) atoms. The second-order valence-electron chi connectivity index (χ2n) is 5.59. The summed E-state index contributed by atoms with van der Waals surface area (Å²) in [5.74, 6) is -0.392. The number of likely N-dealkylation sites (tertiary alicyclic amines) is 1. The van der Waals surface area contributed by atoms with Crippen molar-refractivity contribution in [2.45, 2.75) is 23.2 Å². The molecule has 1 aromatic heterocycles. The average molecular weight is 334 g/mol. The molecule has 1 amide bonds. The van der Waals surface area contributed by atoms with E-state index in [1.165, 1.54) is 10.9 Å². The van der Waals surface area contributed by atoms with Crippen molar-refractivity contribution in [3.8, 4) is 0 Å². The SMILES string of the molecule is Cn1cnnc1S(=O)(=O)[C@H](C(=O)N1CCCC1)c1ccccc1. The lowest BCUT2D eigenvalue weighted by molar-refractivity contribution is -0.129. The van der Waals surface area contributed by atoms with E-state index >= 15 is 0 Å². The summed E-state index contributed by atoms with van der Waals surface area (Å²) >= 11 is 0. The third kappa shape index (κ3) is 2.86. The maximum absolute atomic E-state index is 13.0. The molecule has 1 atom stereocenters. The Bertz CT molecular complexity index is 795. The first-order chi connectivity index (χ1) is 11.0. The number of carbonyl (C=O) groups is 1. The highest BCUT2D eigenvalue weighted by Crippen LogP contribution is 2.30. The number of amides is 1. The van der Waals surface area contributed by atoms with Crippen molar-refractivity contribution in [3.63, 3.8) is 0 Å². The molecule has 1 fully saturated rings. The molecule has 1 aliphatic heterocycles. The second-order valence-corrected chi connectivity index (χ2v) is 7.52. The van der Waals surface area contributed by atoms with Crippen LogP contribution in [0.25, 0.3) is 0 Å². The summed E-state index contributed by atoms with van der Waals surface area (Å²) in [7, 11) is -2.43. The van der Waals surface area contributed by atoms with E-state index < -0.39 is 21.0 Å². The monoisotopic (exact) mass is 334 g/mol. The summed E-state index contributed by atoms with van der Waals surface area (Å²) in [5, 5.41) is 5.84. The van der Waals surface area contributed by atoms with E-state index in [2.05, 4.69) is 10.2 Å². The predicted octanol–water partition coefficient (Wildman–Crippen LogP) is 0.952. The fourth-order valence-electron chi connectivity index (χ4n) is 2.82. The summed E-state index contributed by atoms with van der Waals surface area (Å²) in [6.45, 7) is 1.19. The molecule has 1 saturated heterocycles. The minimum absolute atomic E-state index is 0.195. The standard InChI is InChI=1S/C15H18N4O3S/c1-18-11-16-17-15(18)23(21,22)13(12-7-3-2-4-8-12)14(20)19-9-5-6-10-19/h2-4,7-8,11,13H,5-6,9-10H2,1H3/t13-/m0/s1. The Morgan fingerprint density at radius 1 is 1.17 bits per heavy atom. The molecule has 0 aliphatic carbocycles. The zero-order chi connectivity index (χ0) is 16.4. The lowest BCUT2D eigenvalue weighted by Gasteiger charge is -2.23. The largest absolute Gasteiger partial charge is 0.341 e. The summed E-state index contributed by atoms with van der Waals surface area (Å²) in [5.41, 5.74) is 0.451. The quantitative estimate of drug-likeness (QED) is 0.831. The average Bonchev–Trinajstić information content (AvgIpc) is 3.19. The van der Waals surface area contributed by atoms with Gasteiger partial charge in [0.05, 0.1) is 0 Å². The van der Waals surface area contributed by atoms with Crippen LogP contribution in [0.1, 0.15) is 23.7 Å². The zero-order valence-corrected chi connectivity index (χ0v) is 13.6. The lowest BCUT2D eigenvalue weighted by atomic mass is 10.1. The maximum Gasteiger partial charge on any atom is 0.250 e. The topological polar surface area (TPSA) is 85.2 Å². The van der Waals surface area contributed by atoms with Crippen molar-refractivity contribution in [1.29, 1.82) is 0 Å². The summed E-state index contributed by atoms with van der Waals surface area (Å²) < 4.78 is 27.4. The van der Waals surface area contributed by atoms with Crippen LogP contribution in [0.3, 0.4) is 0 Å². The third-order valence-electron chi connectivity index (χ3n) is 3.98. The minimum atomic E-state index is -3.98. The summed E-state index contributed by atoms with van der Waals surface area (Å²) in [6.07, 6.45) is 3.11. The van der Waals surface area contributed by atoms with Crippen LogP contribution in [0.15, 0.2) is 41.8 Å². The molecule has 3 rings (SSSR count). The second kappa shape index (κ2) is 6.11. The molecule has 7 nitrogen and oxygen atoms in total. The molecule has 0 N–H and O–H groups in total. The molecule has 0 unspecified atom stereocenters. The minimum Gasteiger partial charge on any atom is -0.341 e. The van der Waals surface area contributed by atoms with Crippen molar-refractivity contribution >= 4 is 15.7 Å². The molecule has 0 saturated carbocycles. The highest BCUT2D eigenvalue weighted by atomic mass is 32.2. The van der Waals surface area contributed by atoms with Crippen LogP contribution >= 0.6 is 0 Å². The van der Waals surface area contributed by atoms with Crippen molar-refractivity contribution in [2.75, 3.05) is 13.1 Å². The Morgan fingerprint density at radius 3 is 2.39 bits per heavy atom. The Morgan fingerprint density at radius 2 is 1.83 bits per heavy atom. The van der Waals surface area contributed by atoms with Crippen LogP contribution in [0.4, 0.5) is 0 Å². The Kier molecular flexibility index (Phi) is 4.16. The number of hydrogen-bond acceptors (Lipinski definition) is 5. The molecule has 2 aromatic rings. The number of aryl methyl sites for hydroxylation is 1. The number of nitrogens with zero attached hydrogens (tertiary/aromatic N) is 4. The molecule has 0 spiro atoms. The van der Waals surface area contributed by atoms with E-state index in [-0.39, 0.29) is 5.16 Å². The van der Waals surface area contributed by atoms with Gasteiger partial charge in [-0.3, -0.25) is 4.79 Å². The highest BCUT2D eigenvalue weighted by molar-refractivity contribution is 7.92. The predicted molar refractivity (Wildman–Crippen MR) is 83.2 cm³/mol. The summed E-state index contributed by atoms with van der Waals surface area (Å²) in [6, 6.07) is 8.56. The zero-order valence-electron chi connectivity index (χ0n) is 12.8. The molecular formula is C15H18N4O3S. The van der Waals surface area contributed by atoms with E-state index in [4.69, 9.17) is 0 Å². The van der Waals surface area contributed by atoms with E-state index in [0.29, 0.717) is 18.7 Å². The number of aromatic nitrogens is 3.